The van der Waals surface area contributed by atoms with Gasteiger partial charge >= 0.3 is 0 Å². The molecule has 0 unspecified atom stereocenters. The molecule has 0 spiro atoms. The summed E-state index contributed by atoms with van der Waals surface area (Å²) in [5.74, 6) is 1.00. The monoisotopic (exact) mass is 477 g/mol. The van der Waals surface area contributed by atoms with E-state index < -0.39 is 0 Å². The fraction of sp³-hybridized carbons (Fsp3) is 0.0370. The van der Waals surface area contributed by atoms with Gasteiger partial charge < -0.3 is 4.42 Å². The molecule has 0 saturated heterocycles. The van der Waals surface area contributed by atoms with Gasteiger partial charge in [0.15, 0.2) is 5.82 Å². The summed E-state index contributed by atoms with van der Waals surface area (Å²) in [5, 5.41) is 20.2. The molecule has 0 atom stereocenters. The predicted molar refractivity (Wildman–Crippen MR) is 135 cm³/mol. The van der Waals surface area contributed by atoms with Gasteiger partial charge in [-0.25, -0.2) is 4.98 Å². The lowest BCUT2D eigenvalue weighted by Gasteiger charge is -2.03. The van der Waals surface area contributed by atoms with Crippen LogP contribution in [0, 0.1) is 11.3 Å². The van der Waals surface area contributed by atoms with Crippen LogP contribution in [-0.4, -0.2) is 26.8 Å². The van der Waals surface area contributed by atoms with Crippen molar-refractivity contribution in [3.63, 3.8) is 0 Å². The van der Waals surface area contributed by atoms with Crippen LogP contribution >= 0.6 is 11.8 Å². The first kappa shape index (κ1) is 22.2. The summed E-state index contributed by atoms with van der Waals surface area (Å²) in [4.78, 5) is 17.2. The van der Waals surface area contributed by atoms with Crippen LogP contribution in [0.25, 0.3) is 33.8 Å². The molecular formula is C27H19N5O2S. The maximum absolute atomic E-state index is 12.8. The minimum Gasteiger partial charge on any atom is -0.438 e. The molecule has 0 fully saturated rings. The quantitative estimate of drug-likeness (QED) is 0.278. The van der Waals surface area contributed by atoms with E-state index in [4.69, 9.17) is 4.42 Å². The van der Waals surface area contributed by atoms with Crippen LogP contribution in [0.15, 0.2) is 101 Å². The summed E-state index contributed by atoms with van der Waals surface area (Å²) < 4.78 is 6.06. The smallest absolute Gasteiger partial charge is 0.237 e. The summed E-state index contributed by atoms with van der Waals surface area (Å²) in [6, 6.07) is 30.9. The van der Waals surface area contributed by atoms with Crippen molar-refractivity contribution in [3.05, 3.63) is 96.6 Å². The lowest BCUT2D eigenvalue weighted by atomic mass is 9.98. The summed E-state index contributed by atoms with van der Waals surface area (Å²) in [5.41, 5.74) is 3.47. The number of rotatable bonds is 7. The Bertz CT molecular complexity index is 1490. The minimum absolute atomic E-state index is 0.0546. The SMILES string of the molecule is N#Cc1c(NC(=O)CSc2n[nH]c(-c3ccccc3)n2)oc(-c2ccccc2)c1-c1ccccc1. The van der Waals surface area contributed by atoms with Crippen molar-refractivity contribution >= 4 is 23.6 Å². The van der Waals surface area contributed by atoms with Gasteiger partial charge in [-0.1, -0.05) is 103 Å². The highest BCUT2D eigenvalue weighted by Gasteiger charge is 2.24. The molecule has 0 saturated carbocycles. The number of anilines is 1. The third-order valence-corrected chi connectivity index (χ3v) is 6.06. The van der Waals surface area contributed by atoms with Gasteiger partial charge in [-0.05, 0) is 5.56 Å². The minimum atomic E-state index is -0.328. The number of nitrogens with one attached hydrogen (secondary N) is 2. The van der Waals surface area contributed by atoms with Crippen LogP contribution < -0.4 is 5.32 Å². The predicted octanol–water partition coefficient (Wildman–Crippen LogP) is 6.00. The highest BCUT2D eigenvalue weighted by molar-refractivity contribution is 7.99. The largest absolute Gasteiger partial charge is 0.438 e. The lowest BCUT2D eigenvalue weighted by molar-refractivity contribution is -0.113. The van der Waals surface area contributed by atoms with E-state index in [0.29, 0.717) is 22.3 Å². The van der Waals surface area contributed by atoms with Crippen molar-refractivity contribution in [3.8, 4) is 39.9 Å². The average molecular weight is 478 g/mol. The van der Waals surface area contributed by atoms with E-state index in [9.17, 15) is 10.1 Å². The third kappa shape index (κ3) is 4.86. The molecule has 7 nitrogen and oxygen atoms in total. The zero-order valence-corrected chi connectivity index (χ0v) is 19.3. The van der Waals surface area contributed by atoms with E-state index in [1.165, 1.54) is 11.8 Å². The maximum atomic E-state index is 12.8. The molecule has 0 radical (unpaired) electrons. The first-order valence-corrected chi connectivity index (χ1v) is 11.8. The second-order valence-electron chi connectivity index (χ2n) is 7.52. The van der Waals surface area contributed by atoms with Gasteiger partial charge in [0.2, 0.25) is 16.9 Å². The normalized spacial score (nSPS) is 10.6. The van der Waals surface area contributed by atoms with E-state index in [1.54, 1.807) is 0 Å². The molecule has 0 bridgehead atoms. The lowest BCUT2D eigenvalue weighted by Crippen LogP contribution is -2.14. The van der Waals surface area contributed by atoms with Crippen molar-refractivity contribution in [1.29, 1.82) is 5.26 Å². The number of nitriles is 1. The zero-order chi connectivity index (χ0) is 24.0. The van der Waals surface area contributed by atoms with Gasteiger partial charge in [-0.2, -0.15) is 5.26 Å². The number of hydrogen-bond acceptors (Lipinski definition) is 6. The van der Waals surface area contributed by atoms with Gasteiger partial charge in [0.1, 0.15) is 17.4 Å². The molecule has 2 aromatic heterocycles. The fourth-order valence-corrected chi connectivity index (χ4v) is 4.23. The Morgan fingerprint density at radius 2 is 1.51 bits per heavy atom. The Morgan fingerprint density at radius 3 is 2.14 bits per heavy atom. The van der Waals surface area contributed by atoms with Gasteiger partial charge in [0.05, 0.1) is 5.75 Å². The van der Waals surface area contributed by atoms with Crippen LogP contribution in [0.4, 0.5) is 5.88 Å². The van der Waals surface area contributed by atoms with Gasteiger partial charge in [0, 0.05) is 16.7 Å². The van der Waals surface area contributed by atoms with E-state index in [2.05, 4.69) is 26.6 Å². The molecule has 5 rings (SSSR count). The topological polar surface area (TPSA) is 108 Å². The van der Waals surface area contributed by atoms with Gasteiger partial charge in [-0.3, -0.25) is 15.2 Å². The summed E-state index contributed by atoms with van der Waals surface area (Å²) in [7, 11) is 0. The number of carbonyl (C=O) groups excluding carboxylic acids is 1. The van der Waals surface area contributed by atoms with Crippen molar-refractivity contribution in [2.75, 3.05) is 11.1 Å². The number of carbonyl (C=O) groups is 1. The van der Waals surface area contributed by atoms with E-state index in [-0.39, 0.29) is 23.1 Å². The second-order valence-corrected chi connectivity index (χ2v) is 8.47. The van der Waals surface area contributed by atoms with Crippen LogP contribution in [0.2, 0.25) is 0 Å². The number of amides is 1. The standard InChI is InChI=1S/C27H19N5O2S/c28-16-21-23(18-10-4-1-5-11-18)24(19-12-6-2-7-13-19)34-26(21)29-22(33)17-35-27-30-25(31-32-27)20-14-8-3-9-15-20/h1-15H,17H2,(H,29,33)(H,30,31,32). The Hall–Kier alpha value is -4.61. The highest BCUT2D eigenvalue weighted by Crippen LogP contribution is 2.41. The van der Waals surface area contributed by atoms with E-state index >= 15 is 0 Å². The molecule has 0 aliphatic heterocycles. The van der Waals surface area contributed by atoms with Crippen molar-refractivity contribution in [1.82, 2.24) is 15.2 Å². The van der Waals surface area contributed by atoms with E-state index in [1.807, 2.05) is 91.0 Å². The van der Waals surface area contributed by atoms with Crippen LogP contribution in [0.1, 0.15) is 5.56 Å². The molecule has 170 valence electrons. The van der Waals surface area contributed by atoms with Crippen LogP contribution in [-0.2, 0) is 4.79 Å². The molecule has 0 aliphatic carbocycles. The Kier molecular flexibility index (Phi) is 6.42. The second kappa shape index (κ2) is 10.1. The molecule has 2 heterocycles. The summed E-state index contributed by atoms with van der Waals surface area (Å²) in [6.07, 6.45) is 0. The molecule has 8 heteroatoms. The third-order valence-electron chi connectivity index (χ3n) is 5.22. The number of benzene rings is 3. The molecule has 5 aromatic rings. The first-order chi connectivity index (χ1) is 17.2. The zero-order valence-electron chi connectivity index (χ0n) is 18.4. The number of thioether (sulfide) groups is 1. The molecule has 1 amide bonds. The number of aromatic amines is 1. The first-order valence-electron chi connectivity index (χ1n) is 10.8. The molecule has 2 N–H and O–H groups in total. The summed E-state index contributed by atoms with van der Waals surface area (Å²) >= 11 is 1.19. The van der Waals surface area contributed by atoms with Crippen molar-refractivity contribution in [2.24, 2.45) is 0 Å². The molecule has 0 aliphatic rings. The highest BCUT2D eigenvalue weighted by atomic mass is 32.2. The maximum Gasteiger partial charge on any atom is 0.237 e. The van der Waals surface area contributed by atoms with Gasteiger partial charge in [0.25, 0.3) is 0 Å². The molecule has 3 aromatic carbocycles. The van der Waals surface area contributed by atoms with Gasteiger partial charge in [-0.15, -0.1) is 5.10 Å². The average Bonchev–Trinajstić information content (AvgIpc) is 3.54. The van der Waals surface area contributed by atoms with E-state index in [0.717, 1.165) is 16.7 Å². The Balaban J connectivity index is 1.37. The summed E-state index contributed by atoms with van der Waals surface area (Å²) in [6.45, 7) is 0. The van der Waals surface area contributed by atoms with Crippen LogP contribution in [0.5, 0.6) is 0 Å². The molecular weight excluding hydrogens is 458 g/mol. The number of furan rings is 1. The number of aromatic nitrogens is 3. The number of nitrogens with zero attached hydrogens (tertiary/aromatic N) is 3. The number of hydrogen-bond donors (Lipinski definition) is 2. The number of H-pyrrole nitrogens is 1. The van der Waals surface area contributed by atoms with Crippen molar-refractivity contribution < 1.29 is 9.21 Å². The Morgan fingerprint density at radius 1 is 0.914 bits per heavy atom. The Labute approximate surface area is 205 Å². The molecule has 35 heavy (non-hydrogen) atoms. The fourth-order valence-electron chi connectivity index (χ4n) is 3.63. The van der Waals surface area contributed by atoms with Crippen LogP contribution in [0.3, 0.4) is 0 Å². The van der Waals surface area contributed by atoms with Crippen molar-refractivity contribution in [2.45, 2.75) is 5.16 Å².